The first-order valence-corrected chi connectivity index (χ1v) is 8.46. The Kier molecular flexibility index (Phi) is 4.76. The number of alkyl halides is 2. The maximum atomic E-state index is 12.1. The Labute approximate surface area is 123 Å². The number of halogens is 2. The number of aryl methyl sites for hydroxylation is 1. The predicted molar refractivity (Wildman–Crippen MR) is 80.6 cm³/mol. The van der Waals surface area contributed by atoms with Gasteiger partial charge in [-0.1, -0.05) is 36.8 Å². The molecule has 94 valence electrons. The Morgan fingerprint density at radius 3 is 2.24 bits per heavy atom. The first kappa shape index (κ1) is 15.1. The molecule has 0 amide bonds. The molecule has 1 rings (SSSR count). The summed E-state index contributed by atoms with van der Waals surface area (Å²) in [5.74, 6) is -0.529. The second kappa shape index (κ2) is 5.36. The molecule has 1 aromatic carbocycles. The van der Waals surface area contributed by atoms with Gasteiger partial charge in [-0.05, 0) is 45.4 Å². The second-order valence-corrected chi connectivity index (χ2v) is 11.6. The van der Waals surface area contributed by atoms with E-state index in [-0.39, 0.29) is 5.75 Å². The van der Waals surface area contributed by atoms with E-state index < -0.39 is 17.3 Å². The van der Waals surface area contributed by atoms with E-state index in [0.717, 1.165) is 5.56 Å². The molecule has 3 nitrogen and oxygen atoms in total. The summed E-state index contributed by atoms with van der Waals surface area (Å²) in [4.78, 5) is 12.1. The highest BCUT2D eigenvalue weighted by atomic mass is 127. The summed E-state index contributed by atoms with van der Waals surface area (Å²) in [5.41, 5.74) is 1.41. The molecule has 0 fully saturated rings. The van der Waals surface area contributed by atoms with Crippen LogP contribution in [-0.4, -0.2) is 21.6 Å². The lowest BCUT2D eigenvalue weighted by Gasteiger charge is -2.18. The van der Waals surface area contributed by atoms with E-state index in [0.29, 0.717) is 5.56 Å². The van der Waals surface area contributed by atoms with Crippen molar-refractivity contribution < 1.29 is 13.2 Å². The summed E-state index contributed by atoms with van der Waals surface area (Å²) >= 11 is 4.67. The van der Waals surface area contributed by atoms with E-state index >= 15 is 0 Å². The number of ketones is 1. The number of rotatable bonds is 4. The molecule has 0 N–H and O–H groups in total. The fourth-order valence-electron chi connectivity index (χ4n) is 1.20. The van der Waals surface area contributed by atoms with Gasteiger partial charge in [0.1, 0.15) is 0 Å². The van der Waals surface area contributed by atoms with Crippen LogP contribution in [-0.2, 0) is 9.84 Å². The average molecular weight is 431 g/mol. The van der Waals surface area contributed by atoms with Gasteiger partial charge in [0.15, 0.2) is 9.84 Å². The van der Waals surface area contributed by atoms with Crippen LogP contribution < -0.4 is 0 Å². The van der Waals surface area contributed by atoms with Gasteiger partial charge in [0.05, 0.1) is 5.75 Å². The third kappa shape index (κ3) is 3.08. The minimum absolute atomic E-state index is 0.0845. The standard InChI is InChI=1S/C11H12BrIO3S/c1-3-17(15,16)11(12,13)10(14)9-6-4-8(2)5-7-9/h4-7H,3H2,1-2H3. The molecule has 0 heterocycles. The molecule has 0 aliphatic carbocycles. The van der Waals surface area contributed by atoms with Gasteiger partial charge in [-0.15, -0.1) is 0 Å². The van der Waals surface area contributed by atoms with Gasteiger partial charge in [-0.3, -0.25) is 4.79 Å². The minimum atomic E-state index is -3.50. The molecular formula is C11H12BrIO3S. The van der Waals surface area contributed by atoms with Crippen molar-refractivity contribution in [1.82, 2.24) is 0 Å². The molecule has 0 saturated carbocycles. The van der Waals surface area contributed by atoms with Gasteiger partial charge in [0.25, 0.3) is 0 Å². The van der Waals surface area contributed by atoms with Gasteiger partial charge >= 0.3 is 0 Å². The first-order chi connectivity index (χ1) is 7.72. The van der Waals surface area contributed by atoms with Crippen LogP contribution in [0.1, 0.15) is 22.8 Å². The van der Waals surface area contributed by atoms with Crippen LogP contribution in [0.3, 0.4) is 0 Å². The highest BCUT2D eigenvalue weighted by molar-refractivity contribution is 14.1. The number of carbonyl (C=O) groups is 1. The largest absolute Gasteiger partial charge is 0.290 e. The molecule has 1 atom stereocenters. The summed E-state index contributed by atoms with van der Waals surface area (Å²) in [7, 11) is -3.50. The number of sulfone groups is 1. The quantitative estimate of drug-likeness (QED) is 0.419. The number of hydrogen-bond acceptors (Lipinski definition) is 3. The summed E-state index contributed by atoms with van der Waals surface area (Å²) in [6.45, 7) is 3.43. The Hall–Kier alpha value is 0.0500. The zero-order valence-electron chi connectivity index (χ0n) is 9.41. The Balaban J connectivity index is 3.18. The zero-order valence-corrected chi connectivity index (χ0v) is 14.0. The van der Waals surface area contributed by atoms with Crippen LogP contribution in [0.15, 0.2) is 24.3 Å². The lowest BCUT2D eigenvalue weighted by Crippen LogP contribution is -2.35. The molecule has 0 spiro atoms. The van der Waals surface area contributed by atoms with Crippen LogP contribution in [0.5, 0.6) is 0 Å². The molecule has 6 heteroatoms. The van der Waals surface area contributed by atoms with Crippen molar-refractivity contribution in [3.05, 3.63) is 35.4 Å². The molecule has 1 aromatic rings. The van der Waals surface area contributed by atoms with Crippen LogP contribution in [0.4, 0.5) is 0 Å². The van der Waals surface area contributed by atoms with Crippen molar-refractivity contribution in [1.29, 1.82) is 0 Å². The van der Waals surface area contributed by atoms with Crippen molar-refractivity contribution in [3.8, 4) is 0 Å². The minimum Gasteiger partial charge on any atom is -0.290 e. The van der Waals surface area contributed by atoms with Gasteiger partial charge in [0.2, 0.25) is 7.45 Å². The zero-order chi connectivity index (χ0) is 13.3. The van der Waals surface area contributed by atoms with Crippen molar-refractivity contribution in [2.24, 2.45) is 0 Å². The van der Waals surface area contributed by atoms with Crippen LogP contribution in [0, 0.1) is 6.92 Å². The maximum Gasteiger partial charge on any atom is 0.239 e. The number of carbonyl (C=O) groups excluding carboxylic acids is 1. The summed E-state index contributed by atoms with van der Waals surface area (Å²) in [6, 6.07) is 6.84. The third-order valence-corrected chi connectivity index (χ3v) is 8.42. The second-order valence-electron chi connectivity index (χ2n) is 3.62. The molecule has 0 saturated heterocycles. The van der Waals surface area contributed by atoms with E-state index in [1.165, 1.54) is 6.92 Å². The molecule has 1 unspecified atom stereocenters. The highest BCUT2D eigenvalue weighted by Crippen LogP contribution is 2.37. The van der Waals surface area contributed by atoms with Crippen LogP contribution in [0.25, 0.3) is 0 Å². The van der Waals surface area contributed by atoms with Crippen molar-refractivity contribution >= 4 is 54.1 Å². The Bertz CT molecular complexity index is 520. The SMILES string of the molecule is CCS(=O)(=O)C(Br)(I)C(=O)c1ccc(C)cc1. The van der Waals surface area contributed by atoms with E-state index in [9.17, 15) is 13.2 Å². The Morgan fingerprint density at radius 2 is 1.82 bits per heavy atom. The highest BCUT2D eigenvalue weighted by Gasteiger charge is 2.45. The number of Topliss-reactive ketones (excluding diaryl/α,β-unsaturated/α-hetero) is 1. The third-order valence-electron chi connectivity index (χ3n) is 2.35. The molecular weight excluding hydrogens is 419 g/mol. The normalized spacial score (nSPS) is 15.3. The molecule has 0 aliphatic heterocycles. The van der Waals surface area contributed by atoms with E-state index in [2.05, 4.69) is 15.9 Å². The average Bonchev–Trinajstić information content (AvgIpc) is 2.28. The summed E-state index contributed by atoms with van der Waals surface area (Å²) in [5, 5.41) is 0. The van der Waals surface area contributed by atoms with Crippen molar-refractivity contribution in [3.63, 3.8) is 0 Å². The van der Waals surface area contributed by atoms with E-state index in [1.54, 1.807) is 46.9 Å². The Morgan fingerprint density at radius 1 is 1.35 bits per heavy atom. The summed E-state index contributed by atoms with van der Waals surface area (Å²) in [6.07, 6.45) is 0. The molecule has 0 aliphatic rings. The van der Waals surface area contributed by atoms with E-state index in [1.807, 2.05) is 6.92 Å². The molecule has 0 bridgehead atoms. The molecule has 0 aromatic heterocycles. The first-order valence-electron chi connectivity index (χ1n) is 4.94. The van der Waals surface area contributed by atoms with Crippen molar-refractivity contribution in [2.75, 3.05) is 5.75 Å². The maximum absolute atomic E-state index is 12.1. The monoisotopic (exact) mass is 430 g/mol. The number of benzene rings is 1. The molecule has 0 radical (unpaired) electrons. The smallest absolute Gasteiger partial charge is 0.239 e. The fourth-order valence-corrected chi connectivity index (χ4v) is 4.12. The predicted octanol–water partition coefficient (Wildman–Crippen LogP) is 3.10. The lowest BCUT2D eigenvalue weighted by atomic mass is 10.1. The number of hydrogen-bond donors (Lipinski definition) is 0. The van der Waals surface area contributed by atoms with Crippen molar-refractivity contribution in [2.45, 2.75) is 15.5 Å². The van der Waals surface area contributed by atoms with Crippen LogP contribution in [0.2, 0.25) is 0 Å². The van der Waals surface area contributed by atoms with Gasteiger partial charge in [0, 0.05) is 5.56 Å². The van der Waals surface area contributed by atoms with Crippen LogP contribution >= 0.6 is 38.5 Å². The van der Waals surface area contributed by atoms with Gasteiger partial charge in [-0.2, -0.15) is 0 Å². The molecule has 17 heavy (non-hydrogen) atoms. The topological polar surface area (TPSA) is 51.2 Å². The fraction of sp³-hybridized carbons (Fsp3) is 0.364. The summed E-state index contributed by atoms with van der Waals surface area (Å²) < 4.78 is 22.1. The van der Waals surface area contributed by atoms with Gasteiger partial charge in [-0.25, -0.2) is 8.42 Å². The lowest BCUT2D eigenvalue weighted by molar-refractivity contribution is 0.101. The van der Waals surface area contributed by atoms with Gasteiger partial charge < -0.3 is 0 Å². The van der Waals surface area contributed by atoms with E-state index in [4.69, 9.17) is 0 Å².